The number of nitrogens with one attached hydrogen (secondary N) is 1. The summed E-state index contributed by atoms with van der Waals surface area (Å²) in [5.74, 6) is 0. The summed E-state index contributed by atoms with van der Waals surface area (Å²) >= 11 is 1.64. The van der Waals surface area contributed by atoms with E-state index < -0.39 is 0 Å². The first-order chi connectivity index (χ1) is 9.88. The molecule has 3 nitrogen and oxygen atoms in total. The summed E-state index contributed by atoms with van der Waals surface area (Å²) in [4.78, 5) is 4.52. The van der Waals surface area contributed by atoms with Crippen LogP contribution in [0.4, 0.5) is 5.13 Å². The van der Waals surface area contributed by atoms with Crippen molar-refractivity contribution >= 4 is 32.4 Å². The molecule has 0 spiro atoms. The monoisotopic (exact) mass is 279 g/mol. The van der Waals surface area contributed by atoms with E-state index in [0.717, 1.165) is 23.5 Å². The van der Waals surface area contributed by atoms with Crippen LogP contribution < -0.4 is 5.43 Å². The Morgan fingerprint density at radius 3 is 2.40 bits per heavy atom. The first-order valence-corrected chi connectivity index (χ1v) is 7.44. The van der Waals surface area contributed by atoms with Crippen molar-refractivity contribution in [1.29, 1.82) is 0 Å². The van der Waals surface area contributed by atoms with Gasteiger partial charge in [0.1, 0.15) is 0 Å². The lowest BCUT2D eigenvalue weighted by molar-refractivity contribution is 1.25. The van der Waals surface area contributed by atoms with E-state index in [1.165, 1.54) is 21.5 Å². The zero-order valence-corrected chi connectivity index (χ0v) is 11.7. The second-order valence-electron chi connectivity index (χ2n) is 4.90. The first-order valence-electron chi connectivity index (χ1n) is 6.62. The third-order valence-corrected chi connectivity index (χ3v) is 4.45. The van der Waals surface area contributed by atoms with Crippen LogP contribution in [0.1, 0.15) is 11.1 Å². The fourth-order valence-corrected chi connectivity index (χ4v) is 3.34. The minimum absolute atomic E-state index is 0.856. The van der Waals surface area contributed by atoms with E-state index in [-0.39, 0.29) is 0 Å². The minimum Gasteiger partial charge on any atom is -0.253 e. The molecule has 2 aromatic carbocycles. The molecule has 4 heteroatoms. The molecule has 98 valence electrons. The molecular formula is C16H13N3S. The van der Waals surface area contributed by atoms with Gasteiger partial charge >= 0.3 is 0 Å². The predicted molar refractivity (Wildman–Crippen MR) is 84.5 cm³/mol. The molecule has 3 aromatic rings. The Morgan fingerprint density at radius 2 is 1.65 bits per heavy atom. The number of aromatic nitrogens is 1. The minimum atomic E-state index is 0.856. The number of hydrazone groups is 1. The van der Waals surface area contributed by atoms with Crippen molar-refractivity contribution in [1.82, 2.24) is 4.98 Å². The van der Waals surface area contributed by atoms with Crippen LogP contribution in [0.25, 0.3) is 10.2 Å². The number of anilines is 1. The van der Waals surface area contributed by atoms with Gasteiger partial charge in [-0.15, -0.1) is 0 Å². The Labute approximate surface area is 121 Å². The number of rotatable bonds is 2. The highest BCUT2D eigenvalue weighted by molar-refractivity contribution is 7.22. The average molecular weight is 279 g/mol. The highest BCUT2D eigenvalue weighted by atomic mass is 32.1. The molecule has 1 N–H and O–H groups in total. The second kappa shape index (κ2) is 4.72. The molecule has 1 aromatic heterocycles. The molecule has 20 heavy (non-hydrogen) atoms. The molecule has 0 bridgehead atoms. The third-order valence-electron chi connectivity index (χ3n) is 3.51. The Bertz CT molecular complexity index is 744. The Morgan fingerprint density at radius 1 is 0.950 bits per heavy atom. The number of thiazole rings is 1. The van der Waals surface area contributed by atoms with Crippen LogP contribution in [0, 0.1) is 0 Å². The maximum Gasteiger partial charge on any atom is 0.204 e. The quantitative estimate of drug-likeness (QED) is 0.723. The normalized spacial score (nSPS) is 13.5. The highest BCUT2D eigenvalue weighted by Gasteiger charge is 2.15. The van der Waals surface area contributed by atoms with Gasteiger partial charge in [-0.1, -0.05) is 47.7 Å². The van der Waals surface area contributed by atoms with Gasteiger partial charge in [0.25, 0.3) is 0 Å². The molecule has 4 rings (SSSR count). The van der Waals surface area contributed by atoms with Crippen LogP contribution in [0.5, 0.6) is 0 Å². The number of nitrogens with zero attached hydrogens (tertiary/aromatic N) is 2. The van der Waals surface area contributed by atoms with E-state index >= 15 is 0 Å². The molecule has 1 heterocycles. The summed E-state index contributed by atoms with van der Waals surface area (Å²) in [6, 6.07) is 16.7. The number of benzene rings is 2. The Kier molecular flexibility index (Phi) is 2.74. The summed E-state index contributed by atoms with van der Waals surface area (Å²) in [5.41, 5.74) is 8.07. The summed E-state index contributed by atoms with van der Waals surface area (Å²) in [6.07, 6.45) is 1.88. The summed E-state index contributed by atoms with van der Waals surface area (Å²) in [5, 5.41) is 5.37. The van der Waals surface area contributed by atoms with Crippen molar-refractivity contribution in [2.75, 3.05) is 5.43 Å². The van der Waals surface area contributed by atoms with Crippen molar-refractivity contribution < 1.29 is 0 Å². The second-order valence-corrected chi connectivity index (χ2v) is 5.93. The van der Waals surface area contributed by atoms with Crippen LogP contribution in [0.2, 0.25) is 0 Å². The van der Waals surface area contributed by atoms with E-state index in [0.29, 0.717) is 0 Å². The first kappa shape index (κ1) is 11.6. The van der Waals surface area contributed by atoms with Gasteiger partial charge in [-0.05, 0) is 23.3 Å². The number of hydrogen-bond acceptors (Lipinski definition) is 4. The topological polar surface area (TPSA) is 37.3 Å². The fraction of sp³-hybridized carbons (Fsp3) is 0.125. The largest absolute Gasteiger partial charge is 0.253 e. The molecule has 0 unspecified atom stereocenters. The van der Waals surface area contributed by atoms with E-state index in [2.05, 4.69) is 45.8 Å². The molecule has 0 fully saturated rings. The average Bonchev–Trinajstić information content (AvgIpc) is 3.07. The predicted octanol–water partition coefficient (Wildman–Crippen LogP) is 3.86. The van der Waals surface area contributed by atoms with Crippen LogP contribution in [-0.4, -0.2) is 10.7 Å². The van der Waals surface area contributed by atoms with Gasteiger partial charge in [0.2, 0.25) is 5.13 Å². The van der Waals surface area contributed by atoms with Crippen LogP contribution in [-0.2, 0) is 12.8 Å². The highest BCUT2D eigenvalue weighted by Crippen LogP contribution is 2.26. The van der Waals surface area contributed by atoms with Crippen molar-refractivity contribution in [2.45, 2.75) is 12.8 Å². The molecule has 1 aliphatic carbocycles. The lowest BCUT2D eigenvalue weighted by atomic mass is 10.1. The molecule has 0 atom stereocenters. The van der Waals surface area contributed by atoms with Gasteiger partial charge in [-0.3, -0.25) is 5.43 Å². The zero-order valence-electron chi connectivity index (χ0n) is 10.8. The third kappa shape index (κ3) is 2.08. The van der Waals surface area contributed by atoms with Gasteiger partial charge in [-0.25, -0.2) is 4.98 Å². The van der Waals surface area contributed by atoms with Crippen LogP contribution >= 0.6 is 11.3 Å². The van der Waals surface area contributed by atoms with Crippen molar-refractivity contribution in [2.24, 2.45) is 5.10 Å². The van der Waals surface area contributed by atoms with Gasteiger partial charge in [0, 0.05) is 18.6 Å². The Hall–Kier alpha value is -2.20. The summed E-state index contributed by atoms with van der Waals surface area (Å²) < 4.78 is 1.19. The van der Waals surface area contributed by atoms with Crippen molar-refractivity contribution in [3.05, 3.63) is 59.7 Å². The van der Waals surface area contributed by atoms with Crippen molar-refractivity contribution in [3.8, 4) is 0 Å². The van der Waals surface area contributed by atoms with Crippen LogP contribution in [0.3, 0.4) is 0 Å². The molecular weight excluding hydrogens is 266 g/mol. The Balaban J connectivity index is 1.55. The molecule has 0 amide bonds. The summed E-state index contributed by atoms with van der Waals surface area (Å²) in [7, 11) is 0. The van der Waals surface area contributed by atoms with E-state index in [9.17, 15) is 0 Å². The SMILES string of the molecule is c1ccc2c(c1)CC(=NNc1nc3ccccc3s1)C2. The van der Waals surface area contributed by atoms with Crippen LogP contribution in [0.15, 0.2) is 53.6 Å². The van der Waals surface area contributed by atoms with E-state index in [4.69, 9.17) is 0 Å². The van der Waals surface area contributed by atoms with E-state index in [1.807, 2.05) is 18.2 Å². The molecule has 1 aliphatic rings. The molecule has 0 aliphatic heterocycles. The maximum absolute atomic E-state index is 4.52. The molecule has 0 radical (unpaired) electrons. The standard InChI is InChI=1S/C16H13N3S/c1-2-6-12-10-13(9-11(12)5-1)18-19-16-17-14-7-3-4-8-15(14)20-16/h1-8H,9-10H2,(H,17,19). The molecule has 0 saturated carbocycles. The summed E-state index contributed by atoms with van der Waals surface area (Å²) in [6.45, 7) is 0. The lowest BCUT2D eigenvalue weighted by Crippen LogP contribution is -2.01. The van der Waals surface area contributed by atoms with Gasteiger partial charge < -0.3 is 0 Å². The fourth-order valence-electron chi connectivity index (χ4n) is 2.53. The van der Waals surface area contributed by atoms with Gasteiger partial charge in [0.05, 0.1) is 10.2 Å². The van der Waals surface area contributed by atoms with Crippen molar-refractivity contribution in [3.63, 3.8) is 0 Å². The zero-order chi connectivity index (χ0) is 13.4. The molecule has 0 saturated heterocycles. The van der Waals surface area contributed by atoms with Gasteiger partial charge in [0.15, 0.2) is 0 Å². The number of para-hydroxylation sites is 1. The van der Waals surface area contributed by atoms with Gasteiger partial charge in [-0.2, -0.15) is 5.10 Å². The lowest BCUT2D eigenvalue weighted by Gasteiger charge is -1.96. The smallest absolute Gasteiger partial charge is 0.204 e. The number of hydrogen-bond donors (Lipinski definition) is 1. The maximum atomic E-state index is 4.52. The van der Waals surface area contributed by atoms with E-state index in [1.54, 1.807) is 11.3 Å². The number of fused-ring (bicyclic) bond motifs is 2.